The molecule has 0 aromatic carbocycles. The minimum Gasteiger partial charge on any atom is -0.384 e. The molecule has 2 heterocycles. The van der Waals surface area contributed by atoms with Crippen LogP contribution in [0.5, 0.6) is 0 Å². The fraction of sp³-hybridized carbons (Fsp3) is 0.538. The number of nitrogens with one attached hydrogen (secondary N) is 1. The molecule has 0 amide bonds. The SMILES string of the molecule is CN(CC1CCOCC1)c1ccc(C(=N)N)cn1. The monoisotopic (exact) mass is 248 g/mol. The van der Waals surface area contributed by atoms with E-state index in [2.05, 4.69) is 9.88 Å². The first-order chi connectivity index (χ1) is 8.66. The van der Waals surface area contributed by atoms with Crippen molar-refractivity contribution in [3.63, 3.8) is 0 Å². The average molecular weight is 248 g/mol. The van der Waals surface area contributed by atoms with Crippen LogP contribution in [0.3, 0.4) is 0 Å². The molecule has 0 radical (unpaired) electrons. The van der Waals surface area contributed by atoms with Crippen LogP contribution in [0.2, 0.25) is 0 Å². The summed E-state index contributed by atoms with van der Waals surface area (Å²) in [7, 11) is 2.05. The van der Waals surface area contributed by atoms with E-state index in [1.165, 1.54) is 0 Å². The molecule has 0 saturated carbocycles. The maximum absolute atomic E-state index is 7.33. The highest BCUT2D eigenvalue weighted by Crippen LogP contribution is 2.18. The van der Waals surface area contributed by atoms with Crippen molar-refractivity contribution in [2.45, 2.75) is 12.8 Å². The summed E-state index contributed by atoms with van der Waals surface area (Å²) < 4.78 is 5.36. The number of nitrogens with two attached hydrogens (primary N) is 1. The smallest absolute Gasteiger partial charge is 0.128 e. The Morgan fingerprint density at radius 2 is 2.22 bits per heavy atom. The zero-order valence-corrected chi connectivity index (χ0v) is 10.7. The van der Waals surface area contributed by atoms with Crippen molar-refractivity contribution in [1.82, 2.24) is 4.98 Å². The second-order valence-corrected chi connectivity index (χ2v) is 4.76. The van der Waals surface area contributed by atoms with Crippen LogP contribution in [0.15, 0.2) is 18.3 Å². The van der Waals surface area contributed by atoms with E-state index in [0.717, 1.165) is 38.4 Å². The van der Waals surface area contributed by atoms with Gasteiger partial charge in [0.15, 0.2) is 0 Å². The summed E-state index contributed by atoms with van der Waals surface area (Å²) in [6, 6.07) is 3.75. The van der Waals surface area contributed by atoms with Crippen molar-refractivity contribution in [1.29, 1.82) is 5.41 Å². The van der Waals surface area contributed by atoms with Crippen LogP contribution < -0.4 is 10.6 Å². The lowest BCUT2D eigenvalue weighted by molar-refractivity contribution is 0.0685. The van der Waals surface area contributed by atoms with E-state index in [1.54, 1.807) is 6.20 Å². The van der Waals surface area contributed by atoms with Crippen molar-refractivity contribution < 1.29 is 4.74 Å². The van der Waals surface area contributed by atoms with Gasteiger partial charge < -0.3 is 15.4 Å². The topological polar surface area (TPSA) is 75.2 Å². The normalized spacial score (nSPS) is 16.5. The first kappa shape index (κ1) is 12.8. The van der Waals surface area contributed by atoms with Gasteiger partial charge in [0.25, 0.3) is 0 Å². The largest absolute Gasteiger partial charge is 0.384 e. The number of hydrogen-bond donors (Lipinski definition) is 2. The molecule has 0 atom stereocenters. The molecular formula is C13H20N4O. The van der Waals surface area contributed by atoms with Gasteiger partial charge in [0.1, 0.15) is 11.7 Å². The molecule has 98 valence electrons. The Labute approximate surface area is 107 Å². The van der Waals surface area contributed by atoms with Gasteiger partial charge in [-0.15, -0.1) is 0 Å². The molecule has 1 aliphatic heterocycles. The first-order valence-electron chi connectivity index (χ1n) is 6.26. The third kappa shape index (κ3) is 3.20. The minimum atomic E-state index is 0.0566. The van der Waals surface area contributed by atoms with Crippen molar-refractivity contribution >= 4 is 11.7 Å². The number of ether oxygens (including phenoxy) is 1. The molecule has 2 rings (SSSR count). The quantitative estimate of drug-likeness (QED) is 0.620. The zero-order chi connectivity index (χ0) is 13.0. The average Bonchev–Trinajstić information content (AvgIpc) is 2.40. The molecule has 0 unspecified atom stereocenters. The molecule has 5 heteroatoms. The van der Waals surface area contributed by atoms with Crippen molar-refractivity contribution in [3.05, 3.63) is 23.9 Å². The van der Waals surface area contributed by atoms with E-state index in [1.807, 2.05) is 19.2 Å². The van der Waals surface area contributed by atoms with E-state index in [-0.39, 0.29) is 5.84 Å². The van der Waals surface area contributed by atoms with Gasteiger partial charge in [-0.25, -0.2) is 4.98 Å². The second-order valence-electron chi connectivity index (χ2n) is 4.76. The molecule has 0 bridgehead atoms. The Morgan fingerprint density at radius 3 is 2.78 bits per heavy atom. The van der Waals surface area contributed by atoms with Crippen LogP contribution in [0.25, 0.3) is 0 Å². The predicted octanol–water partition coefficient (Wildman–Crippen LogP) is 1.23. The van der Waals surface area contributed by atoms with Crippen LogP contribution >= 0.6 is 0 Å². The lowest BCUT2D eigenvalue weighted by Gasteiger charge is -2.27. The van der Waals surface area contributed by atoms with Crippen molar-refractivity contribution in [2.24, 2.45) is 11.7 Å². The molecular weight excluding hydrogens is 228 g/mol. The second kappa shape index (κ2) is 5.82. The first-order valence-corrected chi connectivity index (χ1v) is 6.26. The summed E-state index contributed by atoms with van der Waals surface area (Å²) in [5.41, 5.74) is 6.07. The van der Waals surface area contributed by atoms with Gasteiger partial charge in [0, 0.05) is 38.6 Å². The molecule has 1 fully saturated rings. The molecule has 5 nitrogen and oxygen atoms in total. The Kier molecular flexibility index (Phi) is 4.15. The summed E-state index contributed by atoms with van der Waals surface area (Å²) in [5.74, 6) is 1.66. The molecule has 18 heavy (non-hydrogen) atoms. The lowest BCUT2D eigenvalue weighted by atomic mass is 10.00. The van der Waals surface area contributed by atoms with Gasteiger partial charge in [-0.3, -0.25) is 5.41 Å². The Balaban J connectivity index is 1.95. The van der Waals surface area contributed by atoms with E-state index in [4.69, 9.17) is 15.9 Å². The number of pyridine rings is 1. The van der Waals surface area contributed by atoms with Gasteiger partial charge in [0.2, 0.25) is 0 Å². The molecule has 1 saturated heterocycles. The number of hydrogen-bond acceptors (Lipinski definition) is 4. The maximum atomic E-state index is 7.33. The van der Waals surface area contributed by atoms with Crippen LogP contribution in [0.1, 0.15) is 18.4 Å². The Hall–Kier alpha value is -1.62. The Bertz CT molecular complexity index is 398. The summed E-state index contributed by atoms with van der Waals surface area (Å²) in [5, 5.41) is 7.33. The number of nitrogen functional groups attached to an aromatic ring is 1. The number of anilines is 1. The highest BCUT2D eigenvalue weighted by atomic mass is 16.5. The number of rotatable bonds is 4. The van der Waals surface area contributed by atoms with Gasteiger partial charge in [0.05, 0.1) is 0 Å². The zero-order valence-electron chi connectivity index (χ0n) is 10.7. The van der Waals surface area contributed by atoms with E-state index >= 15 is 0 Å². The lowest BCUT2D eigenvalue weighted by Crippen LogP contribution is -2.30. The van der Waals surface area contributed by atoms with Crippen LogP contribution in [0, 0.1) is 11.3 Å². The Morgan fingerprint density at radius 1 is 1.50 bits per heavy atom. The molecule has 1 aliphatic rings. The summed E-state index contributed by atoms with van der Waals surface area (Å²) in [6.45, 7) is 2.74. The molecule has 1 aromatic rings. The summed E-state index contributed by atoms with van der Waals surface area (Å²) in [6.07, 6.45) is 3.89. The third-order valence-corrected chi connectivity index (χ3v) is 3.32. The maximum Gasteiger partial charge on any atom is 0.128 e. The van der Waals surface area contributed by atoms with Gasteiger partial charge in [-0.1, -0.05) is 0 Å². The third-order valence-electron chi connectivity index (χ3n) is 3.32. The number of aromatic nitrogens is 1. The van der Waals surface area contributed by atoms with E-state index in [9.17, 15) is 0 Å². The van der Waals surface area contributed by atoms with Crippen molar-refractivity contribution in [2.75, 3.05) is 31.7 Å². The summed E-state index contributed by atoms with van der Waals surface area (Å²) >= 11 is 0. The van der Waals surface area contributed by atoms with Crippen LogP contribution in [0.4, 0.5) is 5.82 Å². The van der Waals surface area contributed by atoms with Gasteiger partial charge >= 0.3 is 0 Å². The highest BCUT2D eigenvalue weighted by molar-refractivity contribution is 5.94. The summed E-state index contributed by atoms with van der Waals surface area (Å²) in [4.78, 5) is 6.49. The predicted molar refractivity (Wildman–Crippen MR) is 72.1 cm³/mol. The molecule has 1 aromatic heterocycles. The standard InChI is InChI=1S/C13H20N4O/c1-17(9-10-4-6-18-7-5-10)12-3-2-11(8-16-12)13(14)15/h2-3,8,10H,4-7,9H2,1H3,(H3,14,15). The van der Waals surface area contributed by atoms with Gasteiger partial charge in [-0.05, 0) is 30.9 Å². The minimum absolute atomic E-state index is 0.0566. The fourth-order valence-corrected chi connectivity index (χ4v) is 2.18. The molecule has 0 aliphatic carbocycles. The van der Waals surface area contributed by atoms with Crippen molar-refractivity contribution in [3.8, 4) is 0 Å². The molecule has 3 N–H and O–H groups in total. The van der Waals surface area contributed by atoms with Gasteiger partial charge in [-0.2, -0.15) is 0 Å². The van der Waals surface area contributed by atoms with Crippen LogP contribution in [-0.4, -0.2) is 37.6 Å². The van der Waals surface area contributed by atoms with Crippen LogP contribution in [-0.2, 0) is 4.74 Å². The number of nitrogens with zero attached hydrogens (tertiary/aromatic N) is 2. The molecule has 0 spiro atoms. The fourth-order valence-electron chi connectivity index (χ4n) is 2.18. The van der Waals surface area contributed by atoms with E-state index in [0.29, 0.717) is 11.5 Å². The highest BCUT2D eigenvalue weighted by Gasteiger charge is 2.16. The number of amidine groups is 1. The van der Waals surface area contributed by atoms with E-state index < -0.39 is 0 Å².